The van der Waals surface area contributed by atoms with Gasteiger partial charge in [0, 0.05) is 6.54 Å². The lowest BCUT2D eigenvalue weighted by Gasteiger charge is -2.17. The molecule has 0 aromatic heterocycles. The van der Waals surface area contributed by atoms with E-state index in [9.17, 15) is 9.13 Å². The molecule has 0 heterocycles. The lowest BCUT2D eigenvalue weighted by Crippen LogP contribution is -2.24. The summed E-state index contributed by atoms with van der Waals surface area (Å²) in [6.07, 6.45) is 0. The summed E-state index contributed by atoms with van der Waals surface area (Å²) in [7, 11) is -9.80. The van der Waals surface area contributed by atoms with Crippen molar-refractivity contribution in [3.8, 4) is 0 Å². The molecule has 0 aliphatic heterocycles. The third-order valence-electron chi connectivity index (χ3n) is 1.05. The fraction of sp³-hybridized carbons (Fsp3) is 1.00. The first-order valence-corrected chi connectivity index (χ1v) is 6.03. The van der Waals surface area contributed by atoms with Crippen LogP contribution >= 0.6 is 15.2 Å². The maximum atomic E-state index is 10.4. The van der Waals surface area contributed by atoms with E-state index >= 15 is 0 Å². The van der Waals surface area contributed by atoms with Crippen LogP contribution in [0.5, 0.6) is 0 Å². The Hall–Kier alpha value is 0.220. The number of hydrogen-bond acceptors (Lipinski definition) is 4. The number of rotatable bonds is 4. The third-order valence-corrected chi connectivity index (χ3v) is 4.77. The van der Waals surface area contributed by atoms with Crippen molar-refractivity contribution in [3.05, 3.63) is 0 Å². The quantitative estimate of drug-likeness (QED) is 0.252. The third kappa shape index (κ3) is 3.75. The van der Waals surface area contributed by atoms with Gasteiger partial charge in [0.05, 0.1) is 0 Å². The van der Waals surface area contributed by atoms with E-state index in [1.165, 1.54) is 5.48 Å². The topological polar surface area (TPSA) is 147 Å². The molecule has 0 aromatic carbocycles. The lowest BCUT2D eigenvalue weighted by molar-refractivity contribution is 0.165. The zero-order valence-electron chi connectivity index (χ0n) is 5.73. The van der Waals surface area contributed by atoms with Crippen molar-refractivity contribution in [3.63, 3.8) is 0 Å². The lowest BCUT2D eigenvalue weighted by atomic mass is 10.8. The van der Waals surface area contributed by atoms with Crippen molar-refractivity contribution >= 4 is 15.2 Å². The van der Waals surface area contributed by atoms with E-state index in [0.717, 1.165) is 0 Å². The maximum Gasteiger partial charge on any atom is 0.342 e. The first-order chi connectivity index (χ1) is 5.19. The highest BCUT2D eigenvalue weighted by Gasteiger charge is 2.42. The number of hydrogen-bond donors (Lipinski definition) is 6. The molecule has 0 radical (unpaired) electrons. The van der Waals surface area contributed by atoms with Gasteiger partial charge < -0.3 is 24.8 Å². The van der Waals surface area contributed by atoms with Gasteiger partial charge in [0.25, 0.3) is 0 Å². The number of hydroxylamine groups is 1. The summed E-state index contributed by atoms with van der Waals surface area (Å²) < 4.78 is 20.8. The van der Waals surface area contributed by atoms with Crippen LogP contribution in [0, 0.1) is 0 Å². The van der Waals surface area contributed by atoms with Gasteiger partial charge in [0.1, 0.15) is 0 Å². The van der Waals surface area contributed by atoms with Crippen LogP contribution in [0.3, 0.4) is 0 Å². The summed E-state index contributed by atoms with van der Waals surface area (Å²) in [6, 6.07) is 0. The van der Waals surface area contributed by atoms with Gasteiger partial charge in [-0.1, -0.05) is 0 Å². The Morgan fingerprint density at radius 3 is 1.50 bits per heavy atom. The van der Waals surface area contributed by atoms with Crippen molar-refractivity contribution < 1.29 is 33.9 Å². The SMILES string of the molecule is O=P(O)(O)C(CNO)P(=O)(O)O. The number of nitrogens with one attached hydrogen (secondary N) is 1. The Balaban J connectivity index is 4.70. The highest BCUT2D eigenvalue weighted by atomic mass is 31.2. The van der Waals surface area contributed by atoms with Gasteiger partial charge in [-0.05, 0) is 0 Å². The van der Waals surface area contributed by atoms with Crippen molar-refractivity contribution in [1.29, 1.82) is 0 Å². The Morgan fingerprint density at radius 2 is 1.42 bits per heavy atom. The molecule has 0 saturated heterocycles. The summed E-state index contributed by atoms with van der Waals surface area (Å²) >= 11 is 0. The van der Waals surface area contributed by atoms with Crippen molar-refractivity contribution in [2.45, 2.75) is 5.40 Å². The molecule has 0 atom stereocenters. The summed E-state index contributed by atoms with van der Waals surface area (Å²) in [5.41, 5.74) is 1.30. The summed E-state index contributed by atoms with van der Waals surface area (Å²) in [5, 5.41) is 5.83. The van der Waals surface area contributed by atoms with Crippen LogP contribution in [0.1, 0.15) is 0 Å². The van der Waals surface area contributed by atoms with Gasteiger partial charge in [-0.25, -0.2) is 5.48 Å². The Kier molecular flexibility index (Phi) is 4.02. The molecule has 0 unspecified atom stereocenters. The standard InChI is InChI=1S/C2H9NO7P2/c4-3-1-2(11(5,6)7)12(8,9)10/h2-4H,1H2,(H2,5,6,7)(H2,8,9,10). The van der Waals surface area contributed by atoms with Crippen LogP contribution in [-0.4, -0.2) is 36.7 Å². The van der Waals surface area contributed by atoms with E-state index in [1.807, 2.05) is 0 Å². The monoisotopic (exact) mass is 221 g/mol. The minimum Gasteiger partial charge on any atom is -0.324 e. The van der Waals surface area contributed by atoms with E-state index < -0.39 is 27.1 Å². The second-order valence-corrected chi connectivity index (χ2v) is 6.03. The molecule has 0 bridgehead atoms. The minimum atomic E-state index is -4.90. The van der Waals surface area contributed by atoms with Gasteiger partial charge in [0.15, 0.2) is 5.40 Å². The first kappa shape index (κ1) is 12.2. The largest absolute Gasteiger partial charge is 0.342 e. The summed E-state index contributed by atoms with van der Waals surface area (Å²) in [5.74, 6) is 0. The zero-order valence-corrected chi connectivity index (χ0v) is 7.52. The van der Waals surface area contributed by atoms with Crippen molar-refractivity contribution in [1.82, 2.24) is 5.48 Å². The highest BCUT2D eigenvalue weighted by Crippen LogP contribution is 2.59. The molecule has 74 valence electrons. The van der Waals surface area contributed by atoms with E-state index in [0.29, 0.717) is 0 Å². The van der Waals surface area contributed by atoms with Gasteiger partial charge >= 0.3 is 15.2 Å². The fourth-order valence-corrected chi connectivity index (χ4v) is 2.72. The molecular weight excluding hydrogens is 212 g/mol. The molecule has 0 aliphatic carbocycles. The molecule has 0 spiro atoms. The van der Waals surface area contributed by atoms with Crippen molar-refractivity contribution in [2.24, 2.45) is 0 Å². The second kappa shape index (κ2) is 3.95. The van der Waals surface area contributed by atoms with Crippen LogP contribution in [0.25, 0.3) is 0 Å². The van der Waals surface area contributed by atoms with E-state index in [2.05, 4.69) is 0 Å². The van der Waals surface area contributed by atoms with Crippen molar-refractivity contribution in [2.75, 3.05) is 6.54 Å². The average Bonchev–Trinajstić information content (AvgIpc) is 1.77. The molecule has 0 saturated carbocycles. The predicted molar refractivity (Wildman–Crippen MR) is 37.7 cm³/mol. The molecule has 0 aliphatic rings. The highest BCUT2D eigenvalue weighted by molar-refractivity contribution is 7.70. The molecular formula is C2H9NO7P2. The van der Waals surface area contributed by atoms with Crippen LogP contribution < -0.4 is 5.48 Å². The van der Waals surface area contributed by atoms with Gasteiger partial charge in [0.2, 0.25) is 0 Å². The van der Waals surface area contributed by atoms with Gasteiger partial charge in [-0.3, -0.25) is 9.13 Å². The molecule has 10 heteroatoms. The Morgan fingerprint density at radius 1 is 1.08 bits per heavy atom. The predicted octanol–water partition coefficient (Wildman–Crippen LogP) is -1.35. The van der Waals surface area contributed by atoms with Gasteiger partial charge in [-0.15, -0.1) is 0 Å². The molecule has 0 fully saturated rings. The molecule has 12 heavy (non-hydrogen) atoms. The van der Waals surface area contributed by atoms with Crippen LogP contribution in [0.2, 0.25) is 0 Å². The van der Waals surface area contributed by atoms with E-state index in [-0.39, 0.29) is 0 Å². The minimum absolute atomic E-state index is 0.867. The molecule has 6 N–H and O–H groups in total. The zero-order chi connectivity index (χ0) is 9.99. The average molecular weight is 221 g/mol. The molecule has 8 nitrogen and oxygen atoms in total. The first-order valence-electron chi connectivity index (χ1n) is 2.67. The van der Waals surface area contributed by atoms with Gasteiger partial charge in [-0.2, -0.15) is 0 Å². The smallest absolute Gasteiger partial charge is 0.324 e. The summed E-state index contributed by atoms with van der Waals surface area (Å²) in [6.45, 7) is -0.867. The van der Waals surface area contributed by atoms with E-state index in [1.54, 1.807) is 0 Å². The molecule has 0 aromatic rings. The second-order valence-electron chi connectivity index (χ2n) is 2.02. The Labute approximate surface area is 67.5 Å². The van der Waals surface area contributed by atoms with Crippen LogP contribution in [0.15, 0.2) is 0 Å². The van der Waals surface area contributed by atoms with Crippen LogP contribution in [0.4, 0.5) is 0 Å². The maximum absolute atomic E-state index is 10.4. The normalized spacial score (nSPS) is 13.8. The molecule has 0 rings (SSSR count). The van der Waals surface area contributed by atoms with E-state index in [4.69, 9.17) is 24.8 Å². The molecule has 0 amide bonds. The fourth-order valence-electron chi connectivity index (χ4n) is 0.515. The Bertz CT molecular complexity index is 206. The summed E-state index contributed by atoms with van der Waals surface area (Å²) in [4.78, 5) is 33.6. The van der Waals surface area contributed by atoms with Crippen LogP contribution in [-0.2, 0) is 9.13 Å².